The van der Waals surface area contributed by atoms with Gasteiger partial charge in [-0.05, 0) is 44.5 Å². The minimum atomic E-state index is 0.173. The number of hydrogen-bond donors (Lipinski definition) is 0. The Morgan fingerprint density at radius 3 is 2.69 bits per heavy atom. The van der Waals surface area contributed by atoms with Crippen molar-refractivity contribution in [2.75, 3.05) is 5.75 Å². The van der Waals surface area contributed by atoms with Crippen molar-refractivity contribution in [3.8, 4) is 11.6 Å². The van der Waals surface area contributed by atoms with Crippen molar-refractivity contribution in [3.63, 3.8) is 0 Å². The number of aryl methyl sites for hydroxylation is 2. The van der Waals surface area contributed by atoms with Gasteiger partial charge in [0.05, 0.1) is 5.75 Å². The van der Waals surface area contributed by atoms with Gasteiger partial charge in [0.15, 0.2) is 10.9 Å². The van der Waals surface area contributed by atoms with Crippen LogP contribution in [0.1, 0.15) is 23.6 Å². The van der Waals surface area contributed by atoms with Gasteiger partial charge >= 0.3 is 0 Å². The molecule has 0 bridgehead atoms. The van der Waals surface area contributed by atoms with E-state index in [0.717, 1.165) is 21.7 Å². The molecule has 4 aromatic rings. The zero-order valence-electron chi connectivity index (χ0n) is 16.8. The van der Waals surface area contributed by atoms with Crippen LogP contribution in [0.15, 0.2) is 58.1 Å². The van der Waals surface area contributed by atoms with Crippen LogP contribution in [0.3, 0.4) is 0 Å². The van der Waals surface area contributed by atoms with Gasteiger partial charge in [-0.15, -0.1) is 10.2 Å². The summed E-state index contributed by atoms with van der Waals surface area (Å²) in [6.07, 6.45) is 0.435. The number of carbonyl (C=O) groups excluding carboxylic acids is 1. The number of thioether (sulfide) groups is 1. The maximum Gasteiger partial charge on any atom is 0.200 e. The summed E-state index contributed by atoms with van der Waals surface area (Å²) in [6.45, 7) is 6.83. The highest BCUT2D eigenvalue weighted by Gasteiger charge is 2.18. The van der Waals surface area contributed by atoms with Gasteiger partial charge in [0, 0.05) is 18.4 Å². The SMILES string of the molecule is CCn1c(SCC(=O)Cc2cccc(C)c2)nnc1-c1cc2cc(C)ccc2o1. The third-order valence-corrected chi connectivity index (χ3v) is 5.80. The summed E-state index contributed by atoms with van der Waals surface area (Å²) in [5, 5.41) is 10.4. The Labute approximate surface area is 174 Å². The summed E-state index contributed by atoms with van der Waals surface area (Å²) in [6, 6.07) is 16.2. The molecule has 29 heavy (non-hydrogen) atoms. The lowest BCUT2D eigenvalue weighted by Gasteiger charge is -2.06. The first kappa shape index (κ1) is 19.5. The van der Waals surface area contributed by atoms with Crippen LogP contribution in [0, 0.1) is 13.8 Å². The second-order valence-corrected chi connectivity index (χ2v) is 8.14. The molecule has 0 saturated heterocycles. The Bertz CT molecular complexity index is 1180. The third-order valence-electron chi connectivity index (χ3n) is 4.77. The Balaban J connectivity index is 1.50. The first-order valence-corrected chi connectivity index (χ1v) is 10.7. The van der Waals surface area contributed by atoms with Gasteiger partial charge in [0.1, 0.15) is 11.4 Å². The molecule has 0 aliphatic heterocycles. The molecule has 2 aromatic carbocycles. The molecule has 6 heteroatoms. The second-order valence-electron chi connectivity index (χ2n) is 7.20. The van der Waals surface area contributed by atoms with Crippen molar-refractivity contribution in [2.24, 2.45) is 0 Å². The van der Waals surface area contributed by atoms with Crippen LogP contribution in [0.2, 0.25) is 0 Å². The number of Topliss-reactive ketones (excluding diaryl/α,β-unsaturated/α-hetero) is 1. The summed E-state index contributed by atoms with van der Waals surface area (Å²) in [5.74, 6) is 1.92. The van der Waals surface area contributed by atoms with Crippen molar-refractivity contribution >= 4 is 28.5 Å². The molecule has 0 atom stereocenters. The molecule has 148 valence electrons. The Kier molecular flexibility index (Phi) is 5.53. The van der Waals surface area contributed by atoms with E-state index in [1.54, 1.807) is 0 Å². The minimum absolute atomic E-state index is 0.173. The third kappa shape index (κ3) is 4.27. The number of ketones is 1. The Hall–Kier alpha value is -2.86. The van der Waals surface area contributed by atoms with Gasteiger partial charge in [-0.1, -0.05) is 53.2 Å². The summed E-state index contributed by atoms with van der Waals surface area (Å²) in [4.78, 5) is 12.4. The highest BCUT2D eigenvalue weighted by atomic mass is 32.2. The van der Waals surface area contributed by atoms with Gasteiger partial charge in [-0.25, -0.2) is 0 Å². The molecule has 2 heterocycles. The lowest BCUT2D eigenvalue weighted by molar-refractivity contribution is -0.116. The van der Waals surface area contributed by atoms with Crippen LogP contribution in [0.4, 0.5) is 0 Å². The molecule has 0 aliphatic rings. The maximum absolute atomic E-state index is 12.4. The van der Waals surface area contributed by atoms with E-state index in [4.69, 9.17) is 4.42 Å². The van der Waals surface area contributed by atoms with E-state index in [-0.39, 0.29) is 5.78 Å². The molecule has 0 radical (unpaired) electrons. The summed E-state index contributed by atoms with van der Waals surface area (Å²) in [5.41, 5.74) is 4.23. The van der Waals surface area contributed by atoms with Gasteiger partial charge in [0.2, 0.25) is 5.82 Å². The van der Waals surface area contributed by atoms with E-state index >= 15 is 0 Å². The van der Waals surface area contributed by atoms with Crippen molar-refractivity contribution in [1.82, 2.24) is 14.8 Å². The largest absolute Gasteiger partial charge is 0.453 e. The van der Waals surface area contributed by atoms with E-state index < -0.39 is 0 Å². The zero-order valence-corrected chi connectivity index (χ0v) is 17.6. The zero-order chi connectivity index (χ0) is 20.4. The number of furan rings is 1. The van der Waals surface area contributed by atoms with Crippen LogP contribution in [0.5, 0.6) is 0 Å². The van der Waals surface area contributed by atoms with E-state index in [1.807, 2.05) is 54.8 Å². The van der Waals surface area contributed by atoms with Crippen LogP contribution < -0.4 is 0 Å². The van der Waals surface area contributed by atoms with E-state index in [0.29, 0.717) is 30.3 Å². The lowest BCUT2D eigenvalue weighted by Crippen LogP contribution is -2.07. The Morgan fingerprint density at radius 1 is 1.07 bits per heavy atom. The molecule has 4 rings (SSSR count). The molecular weight excluding hydrogens is 382 g/mol. The number of nitrogens with zero attached hydrogens (tertiary/aromatic N) is 3. The average molecular weight is 406 g/mol. The minimum Gasteiger partial charge on any atom is -0.453 e. The average Bonchev–Trinajstić information content (AvgIpc) is 3.29. The smallest absolute Gasteiger partial charge is 0.200 e. The molecule has 0 N–H and O–H groups in total. The summed E-state index contributed by atoms with van der Waals surface area (Å²) in [7, 11) is 0. The molecule has 0 spiro atoms. The standard InChI is InChI=1S/C23H23N3O2S/c1-4-26-22(21-13-18-11-16(3)8-9-20(18)28-21)24-25-23(26)29-14-19(27)12-17-7-5-6-15(2)10-17/h5-11,13H,4,12,14H2,1-3H3. The van der Waals surface area contributed by atoms with Gasteiger partial charge in [-0.2, -0.15) is 0 Å². The molecule has 0 unspecified atom stereocenters. The predicted molar refractivity (Wildman–Crippen MR) is 116 cm³/mol. The molecule has 0 aliphatic carbocycles. The van der Waals surface area contributed by atoms with Crippen molar-refractivity contribution in [3.05, 3.63) is 65.2 Å². The topological polar surface area (TPSA) is 60.9 Å². The number of rotatable bonds is 7. The molecule has 0 saturated carbocycles. The van der Waals surface area contributed by atoms with Gasteiger partial charge in [-0.3, -0.25) is 9.36 Å². The second kappa shape index (κ2) is 8.25. The van der Waals surface area contributed by atoms with E-state index in [9.17, 15) is 4.79 Å². The number of hydrogen-bond acceptors (Lipinski definition) is 5. The van der Waals surface area contributed by atoms with Gasteiger partial charge < -0.3 is 4.42 Å². The molecule has 0 fully saturated rings. The lowest BCUT2D eigenvalue weighted by atomic mass is 10.1. The van der Waals surface area contributed by atoms with Crippen LogP contribution >= 0.6 is 11.8 Å². The normalized spacial score (nSPS) is 11.3. The number of fused-ring (bicyclic) bond motifs is 1. The van der Waals surface area contributed by atoms with Crippen LogP contribution in [0.25, 0.3) is 22.6 Å². The highest BCUT2D eigenvalue weighted by molar-refractivity contribution is 7.99. The van der Waals surface area contributed by atoms with Gasteiger partial charge in [0.25, 0.3) is 0 Å². The molecule has 5 nitrogen and oxygen atoms in total. The number of carbonyl (C=O) groups is 1. The highest BCUT2D eigenvalue weighted by Crippen LogP contribution is 2.29. The van der Waals surface area contributed by atoms with Crippen molar-refractivity contribution in [2.45, 2.75) is 38.9 Å². The maximum atomic E-state index is 12.4. The fourth-order valence-electron chi connectivity index (χ4n) is 3.38. The molecule has 2 aromatic heterocycles. The van der Waals surface area contributed by atoms with E-state index in [2.05, 4.69) is 29.3 Å². The van der Waals surface area contributed by atoms with E-state index in [1.165, 1.54) is 22.9 Å². The quantitative estimate of drug-likeness (QED) is 0.394. The summed E-state index contributed by atoms with van der Waals surface area (Å²) < 4.78 is 7.98. The van der Waals surface area contributed by atoms with Crippen molar-refractivity contribution in [1.29, 1.82) is 0 Å². The monoisotopic (exact) mass is 405 g/mol. The fourth-order valence-corrected chi connectivity index (χ4v) is 4.24. The fraction of sp³-hybridized carbons (Fsp3) is 0.261. The number of aromatic nitrogens is 3. The number of benzene rings is 2. The van der Waals surface area contributed by atoms with Crippen LogP contribution in [-0.2, 0) is 17.8 Å². The molecule has 0 amide bonds. The summed E-state index contributed by atoms with van der Waals surface area (Å²) >= 11 is 1.43. The first-order valence-electron chi connectivity index (χ1n) is 9.67. The Morgan fingerprint density at radius 2 is 1.90 bits per heavy atom. The first-order chi connectivity index (χ1) is 14.0. The molecular formula is C23H23N3O2S. The predicted octanol–water partition coefficient (Wildman–Crippen LogP) is 5.23. The van der Waals surface area contributed by atoms with Crippen molar-refractivity contribution < 1.29 is 9.21 Å². The van der Waals surface area contributed by atoms with Crippen LogP contribution in [-0.4, -0.2) is 26.3 Å².